The highest BCUT2D eigenvalue weighted by molar-refractivity contribution is 5.77. The number of alkyl halides is 3. The minimum Gasteiger partial charge on any atom is -0.481 e. The number of carboxylic acids is 1. The first-order valence-electron chi connectivity index (χ1n) is 12.5. The first-order valence-corrected chi connectivity index (χ1v) is 12.5. The highest BCUT2D eigenvalue weighted by Gasteiger charge is 2.60. The topological polar surface area (TPSA) is 68.7 Å². The summed E-state index contributed by atoms with van der Waals surface area (Å²) < 4.78 is 53.1. The number of rotatable bonds is 5. The largest absolute Gasteiger partial charge is 0.481 e. The second-order valence-corrected chi connectivity index (χ2v) is 10.8. The third-order valence-corrected chi connectivity index (χ3v) is 8.71. The summed E-state index contributed by atoms with van der Waals surface area (Å²) in [7, 11) is 0. The maximum atomic E-state index is 13.9. The number of halogens is 3. The molecule has 3 aliphatic carbocycles. The first kappa shape index (κ1) is 22.8. The van der Waals surface area contributed by atoms with E-state index in [1.807, 2.05) is 24.3 Å². The van der Waals surface area contributed by atoms with Gasteiger partial charge in [-0.25, -0.2) is 4.98 Å². The summed E-state index contributed by atoms with van der Waals surface area (Å²) in [5.41, 5.74) is 4.39. The number of ether oxygens (including phenoxy) is 2. The Morgan fingerprint density at radius 3 is 2.65 bits per heavy atom. The van der Waals surface area contributed by atoms with Gasteiger partial charge in [0.1, 0.15) is 6.61 Å². The number of carbonyl (C=O) groups is 1. The van der Waals surface area contributed by atoms with Crippen molar-refractivity contribution in [1.82, 2.24) is 4.98 Å². The zero-order valence-electron chi connectivity index (χ0n) is 19.8. The summed E-state index contributed by atoms with van der Waals surface area (Å²) in [4.78, 5) is 15.7. The summed E-state index contributed by atoms with van der Waals surface area (Å²) in [6.45, 7) is 1.27. The van der Waals surface area contributed by atoms with Crippen molar-refractivity contribution in [3.63, 3.8) is 0 Å². The highest BCUT2D eigenvalue weighted by atomic mass is 19.4. The van der Waals surface area contributed by atoms with Crippen molar-refractivity contribution in [1.29, 1.82) is 0 Å². The molecule has 1 saturated carbocycles. The predicted molar refractivity (Wildman–Crippen MR) is 126 cm³/mol. The third kappa shape index (κ3) is 3.49. The quantitative estimate of drug-likeness (QED) is 0.497. The van der Waals surface area contributed by atoms with E-state index in [-0.39, 0.29) is 35.7 Å². The van der Waals surface area contributed by atoms with Crippen LogP contribution in [0.15, 0.2) is 54.7 Å². The van der Waals surface area contributed by atoms with Gasteiger partial charge in [0, 0.05) is 29.5 Å². The van der Waals surface area contributed by atoms with Gasteiger partial charge in [-0.2, -0.15) is 13.2 Å². The van der Waals surface area contributed by atoms with Gasteiger partial charge in [0.2, 0.25) is 5.88 Å². The fourth-order valence-electron chi connectivity index (χ4n) is 6.88. The molecule has 2 fully saturated rings. The lowest BCUT2D eigenvalue weighted by Gasteiger charge is -2.39. The van der Waals surface area contributed by atoms with E-state index in [1.54, 1.807) is 18.3 Å². The van der Waals surface area contributed by atoms with Gasteiger partial charge < -0.3 is 14.6 Å². The van der Waals surface area contributed by atoms with Crippen LogP contribution >= 0.6 is 0 Å². The maximum absolute atomic E-state index is 13.9. The van der Waals surface area contributed by atoms with Gasteiger partial charge in [0.25, 0.3) is 0 Å². The van der Waals surface area contributed by atoms with Crippen LogP contribution in [-0.2, 0) is 34.2 Å². The molecule has 190 valence electrons. The van der Waals surface area contributed by atoms with E-state index >= 15 is 0 Å². The molecular formula is C29H24F3NO4. The molecular weight excluding hydrogens is 483 g/mol. The summed E-state index contributed by atoms with van der Waals surface area (Å²) in [5, 5.41) is 9.31. The van der Waals surface area contributed by atoms with Gasteiger partial charge in [-0.3, -0.25) is 4.79 Å². The molecule has 1 N–H and O–H groups in total. The van der Waals surface area contributed by atoms with E-state index in [1.165, 1.54) is 6.07 Å². The predicted octanol–water partition coefficient (Wildman–Crippen LogP) is 5.45. The summed E-state index contributed by atoms with van der Waals surface area (Å²) in [5.74, 6) is -0.735. The van der Waals surface area contributed by atoms with Gasteiger partial charge in [0.15, 0.2) is 0 Å². The Bertz CT molecular complexity index is 1430. The van der Waals surface area contributed by atoms with Crippen molar-refractivity contribution in [2.45, 2.75) is 42.9 Å². The zero-order chi connectivity index (χ0) is 25.5. The molecule has 3 aromatic rings. The first-order chi connectivity index (χ1) is 17.7. The number of hydrogen-bond donors (Lipinski definition) is 1. The van der Waals surface area contributed by atoms with Crippen molar-refractivity contribution in [2.75, 3.05) is 13.2 Å². The normalized spacial score (nSPS) is 26.2. The Labute approximate surface area is 211 Å². The van der Waals surface area contributed by atoms with Crippen molar-refractivity contribution < 1.29 is 32.5 Å². The molecule has 8 heteroatoms. The number of benzene rings is 2. The Kier molecular flexibility index (Phi) is 4.81. The van der Waals surface area contributed by atoms with Gasteiger partial charge >= 0.3 is 12.1 Å². The van der Waals surface area contributed by atoms with Crippen LogP contribution in [0.3, 0.4) is 0 Å². The van der Waals surface area contributed by atoms with Crippen molar-refractivity contribution in [2.24, 2.45) is 11.8 Å². The van der Waals surface area contributed by atoms with Crippen molar-refractivity contribution >= 4 is 5.97 Å². The van der Waals surface area contributed by atoms with Gasteiger partial charge in [-0.15, -0.1) is 0 Å². The van der Waals surface area contributed by atoms with Gasteiger partial charge in [-0.1, -0.05) is 36.4 Å². The molecule has 2 aromatic carbocycles. The molecule has 1 saturated heterocycles. The Balaban J connectivity index is 1.15. The van der Waals surface area contributed by atoms with Crippen LogP contribution in [0.25, 0.3) is 0 Å². The standard InChI is InChI=1S/C29H24F3NO4/c30-29(31,32)23-4-2-1-3-17(23)20-10-28(13-36-14-28)22-6-5-15(7-18(20)22)12-37-24-9-16-8-19-25(21(16)11-33-24)26(19)27(34)35/h1-7,9,11,19-20,25-26H,8,10,12-14H2,(H,34,35)/t19-,20?,25-,26+/m1/s1. The molecule has 5 nitrogen and oxygen atoms in total. The molecule has 4 aliphatic rings. The zero-order valence-corrected chi connectivity index (χ0v) is 19.8. The minimum atomic E-state index is -4.42. The molecule has 0 radical (unpaired) electrons. The molecule has 37 heavy (non-hydrogen) atoms. The Morgan fingerprint density at radius 2 is 1.92 bits per heavy atom. The van der Waals surface area contributed by atoms with Crippen molar-refractivity contribution in [3.05, 3.63) is 93.7 Å². The third-order valence-electron chi connectivity index (χ3n) is 8.71. The van der Waals surface area contributed by atoms with Crippen LogP contribution in [-0.4, -0.2) is 29.3 Å². The fraction of sp³-hybridized carbons (Fsp3) is 0.379. The summed E-state index contributed by atoms with van der Waals surface area (Å²) >= 11 is 0. The number of pyridine rings is 1. The monoisotopic (exact) mass is 507 g/mol. The molecule has 2 heterocycles. The molecule has 4 atom stereocenters. The average Bonchev–Trinajstić information content (AvgIpc) is 3.27. The van der Waals surface area contributed by atoms with E-state index < -0.39 is 17.7 Å². The molecule has 1 aliphatic heterocycles. The second-order valence-electron chi connectivity index (χ2n) is 10.8. The number of fused-ring (bicyclic) bond motifs is 5. The average molecular weight is 508 g/mol. The lowest BCUT2D eigenvalue weighted by Crippen LogP contribution is -2.45. The van der Waals surface area contributed by atoms with Crippen LogP contribution in [0.1, 0.15) is 57.2 Å². The van der Waals surface area contributed by atoms with E-state index in [2.05, 4.69) is 4.98 Å². The van der Waals surface area contributed by atoms with E-state index in [0.29, 0.717) is 31.1 Å². The molecule has 0 bridgehead atoms. The number of nitrogens with zero attached hydrogens (tertiary/aromatic N) is 1. The van der Waals surface area contributed by atoms with E-state index in [4.69, 9.17) is 9.47 Å². The number of aromatic nitrogens is 1. The van der Waals surface area contributed by atoms with E-state index in [9.17, 15) is 23.1 Å². The summed E-state index contributed by atoms with van der Waals surface area (Å²) in [6, 6.07) is 13.7. The maximum Gasteiger partial charge on any atom is 0.416 e. The SMILES string of the molecule is O=C(O)[C@H]1[C@@H]2Cc3cc(OCc4ccc5c(c4)C(c4ccccc4C(F)(F)F)CC54COC4)ncc3[C@@H]21. The van der Waals surface area contributed by atoms with Gasteiger partial charge in [0.05, 0.1) is 24.7 Å². The van der Waals surface area contributed by atoms with E-state index in [0.717, 1.165) is 40.3 Å². The van der Waals surface area contributed by atoms with Crippen LogP contribution < -0.4 is 4.74 Å². The number of hydrogen-bond acceptors (Lipinski definition) is 4. The highest BCUT2D eigenvalue weighted by Crippen LogP contribution is 2.61. The van der Waals surface area contributed by atoms with Crippen LogP contribution in [0.5, 0.6) is 5.88 Å². The smallest absolute Gasteiger partial charge is 0.416 e. The minimum absolute atomic E-state index is 0.0603. The molecule has 1 unspecified atom stereocenters. The molecule has 0 amide bonds. The lowest BCUT2D eigenvalue weighted by atomic mass is 9.78. The molecule has 7 rings (SSSR count). The Morgan fingerprint density at radius 1 is 1.11 bits per heavy atom. The molecule has 1 spiro atoms. The van der Waals surface area contributed by atoms with Crippen LogP contribution in [0.2, 0.25) is 0 Å². The number of aliphatic carboxylic acids is 1. The summed E-state index contributed by atoms with van der Waals surface area (Å²) in [6.07, 6.45) is -1.38. The Hall–Kier alpha value is -3.39. The number of carboxylic acid groups (broad SMARTS) is 1. The molecule has 1 aromatic heterocycles. The van der Waals surface area contributed by atoms with Crippen molar-refractivity contribution in [3.8, 4) is 5.88 Å². The van der Waals surface area contributed by atoms with Crippen LogP contribution in [0, 0.1) is 11.8 Å². The van der Waals surface area contributed by atoms with Crippen LogP contribution in [0.4, 0.5) is 13.2 Å². The van der Waals surface area contributed by atoms with Gasteiger partial charge in [-0.05, 0) is 58.2 Å². The second kappa shape index (κ2) is 7.81. The lowest BCUT2D eigenvalue weighted by molar-refractivity contribution is -0.139. The fourth-order valence-corrected chi connectivity index (χ4v) is 6.88.